The van der Waals surface area contributed by atoms with Gasteiger partial charge in [-0.15, -0.1) is 0 Å². The Kier molecular flexibility index (Phi) is 3.46. The zero-order chi connectivity index (χ0) is 12.4. The zero-order valence-corrected chi connectivity index (χ0v) is 10.3. The Hall–Kier alpha value is -1.37. The highest BCUT2D eigenvalue weighted by Gasteiger charge is 2.32. The fourth-order valence-corrected chi connectivity index (χ4v) is 1.91. The molecule has 92 valence electrons. The Morgan fingerprint density at radius 2 is 2.29 bits per heavy atom. The number of ether oxygens (including phenoxy) is 1. The van der Waals surface area contributed by atoms with Crippen LogP contribution in [0.4, 0.5) is 9.18 Å². The molecule has 0 unspecified atom stereocenters. The second-order valence-electron chi connectivity index (χ2n) is 3.78. The Morgan fingerprint density at radius 3 is 2.88 bits per heavy atom. The SMILES string of the molecule is O=C(O)NC1CC(Oc2ccc(Br)nc2F)C1. The maximum atomic E-state index is 13.3. The van der Waals surface area contributed by atoms with Crippen LogP contribution < -0.4 is 10.1 Å². The summed E-state index contributed by atoms with van der Waals surface area (Å²) in [5.74, 6) is -0.582. The van der Waals surface area contributed by atoms with Gasteiger partial charge in [-0.3, -0.25) is 0 Å². The molecule has 1 fully saturated rings. The molecule has 5 nitrogen and oxygen atoms in total. The summed E-state index contributed by atoms with van der Waals surface area (Å²) >= 11 is 3.05. The number of hydrogen-bond donors (Lipinski definition) is 2. The minimum absolute atomic E-state index is 0.0898. The molecule has 2 N–H and O–H groups in total. The van der Waals surface area contributed by atoms with E-state index in [0.29, 0.717) is 17.4 Å². The van der Waals surface area contributed by atoms with E-state index in [-0.39, 0.29) is 17.9 Å². The van der Waals surface area contributed by atoms with Crippen molar-refractivity contribution < 1.29 is 19.0 Å². The molecule has 0 aliphatic heterocycles. The summed E-state index contributed by atoms with van der Waals surface area (Å²) in [5.41, 5.74) is 0. The first-order valence-corrected chi connectivity index (χ1v) is 5.82. The van der Waals surface area contributed by atoms with E-state index in [1.807, 2.05) is 0 Å². The summed E-state index contributed by atoms with van der Waals surface area (Å²) in [6, 6.07) is 2.97. The molecule has 0 saturated heterocycles. The summed E-state index contributed by atoms with van der Waals surface area (Å²) in [6.45, 7) is 0. The molecule has 0 bridgehead atoms. The summed E-state index contributed by atoms with van der Waals surface area (Å²) in [7, 11) is 0. The second kappa shape index (κ2) is 4.87. The number of carboxylic acid groups (broad SMARTS) is 1. The molecule has 1 aliphatic rings. The molecule has 1 saturated carbocycles. The number of halogens is 2. The van der Waals surface area contributed by atoms with Gasteiger partial charge in [0.05, 0.1) is 0 Å². The maximum Gasteiger partial charge on any atom is 0.404 e. The summed E-state index contributed by atoms with van der Waals surface area (Å²) < 4.78 is 19.1. The van der Waals surface area contributed by atoms with Crippen molar-refractivity contribution in [1.82, 2.24) is 10.3 Å². The van der Waals surface area contributed by atoms with Crippen LogP contribution in [-0.2, 0) is 0 Å². The molecular formula is C10H10BrFN2O3. The van der Waals surface area contributed by atoms with Gasteiger partial charge in [0.25, 0.3) is 5.95 Å². The molecule has 1 aromatic heterocycles. The molecule has 0 atom stereocenters. The minimum atomic E-state index is -1.05. The van der Waals surface area contributed by atoms with Crippen molar-refractivity contribution in [2.75, 3.05) is 0 Å². The molecule has 0 spiro atoms. The minimum Gasteiger partial charge on any atom is -0.485 e. The first kappa shape index (κ1) is 12.1. The third kappa shape index (κ3) is 3.06. The average Bonchev–Trinajstić information content (AvgIpc) is 2.17. The number of pyridine rings is 1. The van der Waals surface area contributed by atoms with Crippen molar-refractivity contribution in [2.24, 2.45) is 0 Å². The van der Waals surface area contributed by atoms with Crippen LogP contribution in [0.15, 0.2) is 16.7 Å². The molecule has 2 rings (SSSR count). The van der Waals surface area contributed by atoms with Crippen LogP contribution in [0.3, 0.4) is 0 Å². The second-order valence-corrected chi connectivity index (χ2v) is 4.59. The molecular weight excluding hydrogens is 295 g/mol. The summed E-state index contributed by atoms with van der Waals surface area (Å²) in [4.78, 5) is 13.9. The topological polar surface area (TPSA) is 71.5 Å². The number of carbonyl (C=O) groups is 1. The largest absolute Gasteiger partial charge is 0.485 e. The standard InChI is InChI=1S/C10H10BrFN2O3/c11-8-2-1-7(9(12)14-8)17-6-3-5(4-6)13-10(15)16/h1-2,5-6,13H,3-4H2,(H,15,16). The Bertz CT molecular complexity index is 438. The van der Waals surface area contributed by atoms with Crippen LogP contribution >= 0.6 is 15.9 Å². The maximum absolute atomic E-state index is 13.3. The van der Waals surface area contributed by atoms with Gasteiger partial charge in [-0.2, -0.15) is 4.39 Å². The van der Waals surface area contributed by atoms with Crippen LogP contribution in [-0.4, -0.2) is 28.3 Å². The smallest absolute Gasteiger partial charge is 0.404 e. The molecule has 7 heteroatoms. The Balaban J connectivity index is 1.85. The van der Waals surface area contributed by atoms with Crippen LogP contribution in [0.2, 0.25) is 0 Å². The van der Waals surface area contributed by atoms with Crippen molar-refractivity contribution in [1.29, 1.82) is 0 Å². The normalized spacial score (nSPS) is 22.7. The quantitative estimate of drug-likeness (QED) is 0.840. The lowest BCUT2D eigenvalue weighted by atomic mass is 9.89. The monoisotopic (exact) mass is 304 g/mol. The number of rotatable bonds is 3. The predicted octanol–water partition coefficient (Wildman–Crippen LogP) is 2.16. The van der Waals surface area contributed by atoms with E-state index in [1.165, 1.54) is 6.07 Å². The first-order valence-electron chi connectivity index (χ1n) is 5.03. The van der Waals surface area contributed by atoms with Crippen LogP contribution in [0.5, 0.6) is 5.75 Å². The molecule has 17 heavy (non-hydrogen) atoms. The van der Waals surface area contributed by atoms with Gasteiger partial charge >= 0.3 is 6.09 Å². The molecule has 1 amide bonds. The van der Waals surface area contributed by atoms with Gasteiger partial charge in [0.15, 0.2) is 5.75 Å². The average molecular weight is 305 g/mol. The van der Waals surface area contributed by atoms with E-state index in [1.54, 1.807) is 6.07 Å². The van der Waals surface area contributed by atoms with Crippen molar-refractivity contribution >= 4 is 22.0 Å². The lowest BCUT2D eigenvalue weighted by Crippen LogP contribution is -2.48. The van der Waals surface area contributed by atoms with Gasteiger partial charge in [0, 0.05) is 18.9 Å². The van der Waals surface area contributed by atoms with Crippen LogP contribution in [0.1, 0.15) is 12.8 Å². The molecule has 0 radical (unpaired) electrons. The summed E-state index contributed by atoms with van der Waals surface area (Å²) in [6.07, 6.45) is -0.127. The van der Waals surface area contributed by atoms with E-state index in [0.717, 1.165) is 0 Å². The van der Waals surface area contributed by atoms with Gasteiger partial charge < -0.3 is 15.2 Å². The molecule has 1 aromatic rings. The van der Waals surface area contributed by atoms with Crippen molar-refractivity contribution in [2.45, 2.75) is 25.0 Å². The van der Waals surface area contributed by atoms with Gasteiger partial charge in [-0.05, 0) is 28.1 Å². The lowest BCUT2D eigenvalue weighted by Gasteiger charge is -2.34. The lowest BCUT2D eigenvalue weighted by molar-refractivity contribution is 0.0788. The van der Waals surface area contributed by atoms with E-state index in [9.17, 15) is 9.18 Å². The fraction of sp³-hybridized carbons (Fsp3) is 0.400. The summed E-state index contributed by atoms with van der Waals surface area (Å²) in [5, 5.41) is 10.8. The highest BCUT2D eigenvalue weighted by atomic mass is 79.9. The van der Waals surface area contributed by atoms with Gasteiger partial charge in [-0.25, -0.2) is 9.78 Å². The zero-order valence-electron chi connectivity index (χ0n) is 8.69. The van der Waals surface area contributed by atoms with Gasteiger partial charge in [0.1, 0.15) is 10.7 Å². The van der Waals surface area contributed by atoms with E-state index in [4.69, 9.17) is 9.84 Å². The van der Waals surface area contributed by atoms with Gasteiger partial charge in [-0.1, -0.05) is 0 Å². The molecule has 1 heterocycles. The number of amides is 1. The molecule has 0 aromatic carbocycles. The Morgan fingerprint density at radius 1 is 1.59 bits per heavy atom. The highest BCUT2D eigenvalue weighted by Crippen LogP contribution is 2.27. The van der Waals surface area contributed by atoms with Gasteiger partial charge in [0.2, 0.25) is 0 Å². The molecule has 1 aliphatic carbocycles. The Labute approximate surface area is 105 Å². The van der Waals surface area contributed by atoms with Crippen molar-refractivity contribution in [3.8, 4) is 5.75 Å². The first-order chi connectivity index (χ1) is 8.04. The predicted molar refractivity (Wildman–Crippen MR) is 60.5 cm³/mol. The van der Waals surface area contributed by atoms with Crippen LogP contribution in [0, 0.1) is 5.95 Å². The highest BCUT2D eigenvalue weighted by molar-refractivity contribution is 9.10. The number of aromatic nitrogens is 1. The number of nitrogens with zero attached hydrogens (tertiary/aromatic N) is 1. The van der Waals surface area contributed by atoms with Crippen LogP contribution in [0.25, 0.3) is 0 Å². The third-order valence-electron chi connectivity index (χ3n) is 2.50. The number of hydrogen-bond acceptors (Lipinski definition) is 3. The van der Waals surface area contributed by atoms with E-state index in [2.05, 4.69) is 26.2 Å². The fourth-order valence-electron chi connectivity index (χ4n) is 1.62. The van der Waals surface area contributed by atoms with E-state index < -0.39 is 12.0 Å². The van der Waals surface area contributed by atoms with Crippen molar-refractivity contribution in [3.63, 3.8) is 0 Å². The van der Waals surface area contributed by atoms with Crippen molar-refractivity contribution in [3.05, 3.63) is 22.7 Å². The van der Waals surface area contributed by atoms with E-state index >= 15 is 0 Å². The number of nitrogens with one attached hydrogen (secondary N) is 1. The third-order valence-corrected chi connectivity index (χ3v) is 2.94.